The molecule has 1 rings (SSSR count). The summed E-state index contributed by atoms with van der Waals surface area (Å²) in [7, 11) is -3.73. The molecule has 0 fully saturated rings. The third kappa shape index (κ3) is 4.26. The van der Waals surface area contributed by atoms with Gasteiger partial charge in [-0.15, -0.1) is 0 Å². The number of thioether (sulfide) groups is 1. The van der Waals surface area contributed by atoms with E-state index in [1.165, 1.54) is 6.92 Å². The van der Waals surface area contributed by atoms with Crippen LogP contribution in [0.3, 0.4) is 0 Å². The Kier molecular flexibility index (Phi) is 5.45. The van der Waals surface area contributed by atoms with Gasteiger partial charge in [-0.2, -0.15) is 11.8 Å². The van der Waals surface area contributed by atoms with Gasteiger partial charge in [-0.3, -0.25) is 0 Å². The van der Waals surface area contributed by atoms with Crippen molar-refractivity contribution >= 4 is 27.8 Å². The number of rotatable bonds is 7. The van der Waals surface area contributed by atoms with Gasteiger partial charge >= 0.3 is 5.97 Å². The van der Waals surface area contributed by atoms with Crippen LogP contribution in [0.5, 0.6) is 0 Å². The van der Waals surface area contributed by atoms with Gasteiger partial charge in [-0.1, -0.05) is 6.92 Å². The minimum Gasteiger partial charge on any atom is -0.475 e. The van der Waals surface area contributed by atoms with Crippen LogP contribution < -0.4 is 4.72 Å². The van der Waals surface area contributed by atoms with Gasteiger partial charge < -0.3 is 9.52 Å². The molecule has 0 aliphatic heterocycles. The van der Waals surface area contributed by atoms with Crippen LogP contribution in [0, 0.1) is 12.8 Å². The summed E-state index contributed by atoms with van der Waals surface area (Å²) in [6.07, 6.45) is 1.95. The van der Waals surface area contributed by atoms with Crippen molar-refractivity contribution in [3.63, 3.8) is 0 Å². The highest BCUT2D eigenvalue weighted by atomic mass is 32.2. The first-order valence-corrected chi connectivity index (χ1v) is 8.48. The van der Waals surface area contributed by atoms with Gasteiger partial charge in [0, 0.05) is 12.6 Å². The molecule has 1 unspecified atom stereocenters. The van der Waals surface area contributed by atoms with Gasteiger partial charge in [0.1, 0.15) is 10.7 Å². The Morgan fingerprint density at radius 3 is 2.68 bits per heavy atom. The van der Waals surface area contributed by atoms with Crippen molar-refractivity contribution in [1.29, 1.82) is 0 Å². The lowest BCUT2D eigenvalue weighted by Crippen LogP contribution is -2.29. The molecule has 1 aromatic heterocycles. The van der Waals surface area contributed by atoms with E-state index in [-0.39, 0.29) is 22.3 Å². The van der Waals surface area contributed by atoms with Crippen LogP contribution in [-0.4, -0.2) is 38.0 Å². The summed E-state index contributed by atoms with van der Waals surface area (Å²) in [4.78, 5) is 10.6. The summed E-state index contributed by atoms with van der Waals surface area (Å²) in [6.45, 7) is 3.66. The molecular formula is C11H17NO5S2. The van der Waals surface area contributed by atoms with Gasteiger partial charge in [0.05, 0.1) is 0 Å². The molecule has 0 bridgehead atoms. The molecular weight excluding hydrogens is 290 g/mol. The first kappa shape index (κ1) is 16.1. The number of sulfonamides is 1. The second-order valence-electron chi connectivity index (χ2n) is 4.25. The van der Waals surface area contributed by atoms with Crippen molar-refractivity contribution in [2.45, 2.75) is 18.7 Å². The highest BCUT2D eigenvalue weighted by molar-refractivity contribution is 7.98. The molecule has 8 heteroatoms. The molecule has 1 heterocycles. The summed E-state index contributed by atoms with van der Waals surface area (Å²) in [5.41, 5.74) is 0. The molecule has 1 aromatic rings. The molecule has 0 amide bonds. The maximum atomic E-state index is 12.0. The minimum absolute atomic E-state index is 0.0717. The van der Waals surface area contributed by atoms with Crippen molar-refractivity contribution < 1.29 is 22.7 Å². The van der Waals surface area contributed by atoms with Crippen LogP contribution in [-0.2, 0) is 10.0 Å². The van der Waals surface area contributed by atoms with Crippen LogP contribution in [0.15, 0.2) is 15.4 Å². The molecule has 0 radical (unpaired) electrons. The zero-order valence-corrected chi connectivity index (χ0v) is 12.6. The Labute approximate surface area is 116 Å². The highest BCUT2D eigenvalue weighted by Crippen LogP contribution is 2.20. The molecule has 0 aliphatic carbocycles. The van der Waals surface area contributed by atoms with Gasteiger partial charge in [0.15, 0.2) is 0 Å². The largest absolute Gasteiger partial charge is 0.475 e. The summed E-state index contributed by atoms with van der Waals surface area (Å²) >= 11 is 1.64. The van der Waals surface area contributed by atoms with Gasteiger partial charge in [0.2, 0.25) is 15.8 Å². The second kappa shape index (κ2) is 6.44. The van der Waals surface area contributed by atoms with Crippen LogP contribution in [0.2, 0.25) is 0 Å². The fourth-order valence-electron chi connectivity index (χ4n) is 1.51. The number of hydrogen-bond donors (Lipinski definition) is 2. The van der Waals surface area contributed by atoms with Crippen LogP contribution >= 0.6 is 11.8 Å². The first-order chi connectivity index (χ1) is 8.77. The number of hydrogen-bond acceptors (Lipinski definition) is 5. The normalized spacial score (nSPS) is 13.4. The smallest absolute Gasteiger partial charge is 0.371 e. The number of aromatic carboxylic acids is 1. The SMILES string of the molecule is CSCC(C)CNS(=O)(=O)c1cc(C(=O)O)oc1C. The highest BCUT2D eigenvalue weighted by Gasteiger charge is 2.23. The number of aryl methyl sites for hydroxylation is 1. The van der Waals surface area contributed by atoms with Crippen molar-refractivity contribution in [2.75, 3.05) is 18.6 Å². The Hall–Kier alpha value is -0.990. The average Bonchev–Trinajstić information content (AvgIpc) is 2.70. The number of carboxylic acids is 1. The van der Waals surface area contributed by atoms with E-state index in [0.717, 1.165) is 11.8 Å². The van der Waals surface area contributed by atoms with Crippen molar-refractivity contribution in [2.24, 2.45) is 5.92 Å². The predicted octanol–water partition coefficient (Wildman–Crippen LogP) is 1.56. The third-order valence-electron chi connectivity index (χ3n) is 2.45. The van der Waals surface area contributed by atoms with E-state index in [1.54, 1.807) is 11.8 Å². The summed E-state index contributed by atoms with van der Waals surface area (Å²) in [5, 5.41) is 8.76. The lowest BCUT2D eigenvalue weighted by atomic mass is 10.2. The maximum absolute atomic E-state index is 12.0. The number of nitrogens with one attached hydrogen (secondary N) is 1. The fraction of sp³-hybridized carbons (Fsp3) is 0.545. The van der Waals surface area contributed by atoms with Gasteiger partial charge in [0.25, 0.3) is 0 Å². The zero-order valence-electron chi connectivity index (χ0n) is 11.0. The quantitative estimate of drug-likeness (QED) is 0.793. The van der Waals surface area contributed by atoms with E-state index in [0.29, 0.717) is 6.54 Å². The average molecular weight is 307 g/mol. The topological polar surface area (TPSA) is 96.6 Å². The molecule has 2 N–H and O–H groups in total. The Morgan fingerprint density at radius 2 is 2.21 bits per heavy atom. The molecule has 6 nitrogen and oxygen atoms in total. The Balaban J connectivity index is 2.86. The van der Waals surface area contributed by atoms with Crippen molar-refractivity contribution in [1.82, 2.24) is 4.72 Å². The van der Waals surface area contributed by atoms with E-state index in [9.17, 15) is 13.2 Å². The Morgan fingerprint density at radius 1 is 1.58 bits per heavy atom. The zero-order chi connectivity index (χ0) is 14.6. The van der Waals surface area contributed by atoms with E-state index < -0.39 is 16.0 Å². The minimum atomic E-state index is -3.73. The molecule has 108 valence electrons. The first-order valence-electron chi connectivity index (χ1n) is 5.60. The maximum Gasteiger partial charge on any atom is 0.371 e. The second-order valence-corrected chi connectivity index (χ2v) is 6.89. The van der Waals surface area contributed by atoms with E-state index in [4.69, 9.17) is 9.52 Å². The Bertz CT molecular complexity index is 549. The summed E-state index contributed by atoms with van der Waals surface area (Å²) in [5.74, 6) is -0.568. The fourth-order valence-corrected chi connectivity index (χ4v) is 3.54. The molecule has 0 spiro atoms. The standard InChI is InChI=1S/C11H17NO5S2/c1-7(6-18-3)5-12-19(15,16)10-4-9(11(13)14)17-8(10)2/h4,7,12H,5-6H2,1-3H3,(H,13,14). The van der Waals surface area contributed by atoms with E-state index in [2.05, 4.69) is 4.72 Å². The predicted molar refractivity (Wildman–Crippen MR) is 73.1 cm³/mol. The van der Waals surface area contributed by atoms with E-state index >= 15 is 0 Å². The van der Waals surface area contributed by atoms with Crippen LogP contribution in [0.1, 0.15) is 23.2 Å². The van der Waals surface area contributed by atoms with Crippen molar-refractivity contribution in [3.8, 4) is 0 Å². The lowest BCUT2D eigenvalue weighted by Gasteiger charge is -2.11. The number of carbonyl (C=O) groups is 1. The molecule has 0 saturated carbocycles. The van der Waals surface area contributed by atoms with Gasteiger partial charge in [-0.05, 0) is 24.9 Å². The van der Waals surface area contributed by atoms with Crippen molar-refractivity contribution in [3.05, 3.63) is 17.6 Å². The molecule has 0 saturated heterocycles. The molecule has 0 aromatic carbocycles. The third-order valence-corrected chi connectivity index (χ3v) is 4.88. The lowest BCUT2D eigenvalue weighted by molar-refractivity contribution is 0.0661. The molecule has 1 atom stereocenters. The van der Waals surface area contributed by atoms with Crippen LogP contribution in [0.25, 0.3) is 0 Å². The number of carboxylic acid groups (broad SMARTS) is 1. The molecule has 19 heavy (non-hydrogen) atoms. The molecule has 0 aliphatic rings. The number of furan rings is 1. The van der Waals surface area contributed by atoms with Crippen LogP contribution in [0.4, 0.5) is 0 Å². The monoisotopic (exact) mass is 307 g/mol. The van der Waals surface area contributed by atoms with E-state index in [1.807, 2.05) is 13.2 Å². The summed E-state index contributed by atoms with van der Waals surface area (Å²) < 4.78 is 31.4. The van der Waals surface area contributed by atoms with Gasteiger partial charge in [-0.25, -0.2) is 17.9 Å². The summed E-state index contributed by atoms with van der Waals surface area (Å²) in [6, 6.07) is 1.03.